The van der Waals surface area contributed by atoms with E-state index >= 15 is 0 Å². The molecule has 164 valence electrons. The largest absolute Gasteiger partial charge is 0.497 e. The molecule has 1 amide bonds. The Morgan fingerprint density at radius 2 is 2.16 bits per heavy atom. The predicted molar refractivity (Wildman–Crippen MR) is 126 cm³/mol. The summed E-state index contributed by atoms with van der Waals surface area (Å²) >= 11 is 2.89. The molecule has 1 aromatic carbocycles. The number of ether oxygens (including phenoxy) is 1. The van der Waals surface area contributed by atoms with Gasteiger partial charge in [-0.2, -0.15) is 0 Å². The molecule has 0 aliphatic carbocycles. The Hall–Kier alpha value is -2.36. The summed E-state index contributed by atoms with van der Waals surface area (Å²) in [6, 6.07) is 7.39. The highest BCUT2D eigenvalue weighted by molar-refractivity contribution is 7.99. The van der Waals surface area contributed by atoms with Gasteiger partial charge in [0.1, 0.15) is 10.6 Å². The van der Waals surface area contributed by atoms with Gasteiger partial charge in [0.15, 0.2) is 5.16 Å². The first-order valence-corrected chi connectivity index (χ1v) is 12.0. The number of thiophene rings is 1. The van der Waals surface area contributed by atoms with Crippen molar-refractivity contribution in [3.63, 3.8) is 0 Å². The van der Waals surface area contributed by atoms with Crippen molar-refractivity contribution in [2.24, 2.45) is 0 Å². The molecule has 31 heavy (non-hydrogen) atoms. The molecular formula is C22H26N4O3S2. The van der Waals surface area contributed by atoms with Crippen molar-refractivity contribution in [1.82, 2.24) is 19.4 Å². The fourth-order valence-electron chi connectivity index (χ4n) is 3.68. The number of likely N-dealkylation sites (N-methyl/N-ethyl adjacent to an activating group) is 1. The molecule has 0 saturated carbocycles. The number of methoxy groups -OCH3 is 1. The predicted octanol–water partition coefficient (Wildman–Crippen LogP) is 3.01. The van der Waals surface area contributed by atoms with E-state index in [1.54, 1.807) is 42.0 Å². The molecule has 0 unspecified atom stereocenters. The number of hydrogen-bond acceptors (Lipinski definition) is 7. The Morgan fingerprint density at radius 1 is 1.35 bits per heavy atom. The SMILES string of the molecule is CCN1CCc2c(sc3nc(SCC(=O)N(C)C)n(-c4cccc(OC)c4)c(=O)c23)C1. The summed E-state index contributed by atoms with van der Waals surface area (Å²) in [6.45, 7) is 4.95. The van der Waals surface area contributed by atoms with E-state index in [0.717, 1.165) is 36.4 Å². The molecule has 0 saturated heterocycles. The van der Waals surface area contributed by atoms with Crippen LogP contribution in [0.4, 0.5) is 0 Å². The molecule has 1 aliphatic rings. The molecule has 7 nitrogen and oxygen atoms in total. The molecule has 4 rings (SSSR count). The first-order valence-electron chi connectivity index (χ1n) is 10.2. The lowest BCUT2D eigenvalue weighted by Gasteiger charge is -2.25. The summed E-state index contributed by atoms with van der Waals surface area (Å²) in [4.78, 5) is 36.8. The zero-order valence-corrected chi connectivity index (χ0v) is 19.8. The van der Waals surface area contributed by atoms with E-state index in [4.69, 9.17) is 9.72 Å². The van der Waals surface area contributed by atoms with Gasteiger partial charge in [-0.3, -0.25) is 19.1 Å². The van der Waals surface area contributed by atoms with Crippen molar-refractivity contribution in [1.29, 1.82) is 0 Å². The minimum absolute atomic E-state index is 0.0272. The standard InChI is InChI=1S/C22H26N4O3S2/c1-5-25-10-9-16-17(12-25)31-20-19(16)21(28)26(14-7-6-8-15(11-14)29-4)22(23-20)30-13-18(27)24(2)3/h6-8,11H,5,9-10,12-13H2,1-4H3. The molecule has 0 fully saturated rings. The minimum atomic E-state index is -0.0829. The van der Waals surface area contributed by atoms with Gasteiger partial charge in [0.2, 0.25) is 5.91 Å². The molecule has 0 atom stereocenters. The first-order chi connectivity index (χ1) is 14.9. The average molecular weight is 459 g/mol. The van der Waals surface area contributed by atoms with Crippen molar-refractivity contribution in [3.8, 4) is 11.4 Å². The van der Waals surface area contributed by atoms with E-state index in [-0.39, 0.29) is 17.2 Å². The van der Waals surface area contributed by atoms with Gasteiger partial charge in [0.25, 0.3) is 5.56 Å². The van der Waals surface area contributed by atoms with Crippen LogP contribution in [0.25, 0.3) is 15.9 Å². The number of rotatable bonds is 6. The maximum Gasteiger partial charge on any atom is 0.267 e. The monoisotopic (exact) mass is 458 g/mol. The van der Waals surface area contributed by atoms with Crippen LogP contribution in [-0.2, 0) is 17.8 Å². The lowest BCUT2D eigenvalue weighted by Crippen LogP contribution is -2.30. The number of carbonyl (C=O) groups is 1. The summed E-state index contributed by atoms with van der Waals surface area (Å²) in [5.41, 5.74) is 1.73. The Morgan fingerprint density at radius 3 is 2.87 bits per heavy atom. The molecule has 2 aromatic heterocycles. The van der Waals surface area contributed by atoms with Gasteiger partial charge in [0.05, 0.1) is 23.9 Å². The lowest BCUT2D eigenvalue weighted by molar-refractivity contribution is -0.125. The summed E-state index contributed by atoms with van der Waals surface area (Å²) < 4.78 is 6.99. The van der Waals surface area contributed by atoms with E-state index in [1.807, 2.05) is 24.3 Å². The second kappa shape index (κ2) is 9.02. The van der Waals surface area contributed by atoms with Crippen molar-refractivity contribution >= 4 is 39.2 Å². The summed E-state index contributed by atoms with van der Waals surface area (Å²) in [7, 11) is 5.05. The molecule has 3 heterocycles. The first kappa shape index (κ1) is 21.9. The highest BCUT2D eigenvalue weighted by Crippen LogP contribution is 2.34. The van der Waals surface area contributed by atoms with Crippen LogP contribution in [0.15, 0.2) is 34.2 Å². The highest BCUT2D eigenvalue weighted by Gasteiger charge is 2.25. The van der Waals surface area contributed by atoms with E-state index < -0.39 is 0 Å². The van der Waals surface area contributed by atoms with Crippen molar-refractivity contribution in [3.05, 3.63) is 45.1 Å². The third-order valence-corrected chi connectivity index (χ3v) is 7.54. The van der Waals surface area contributed by atoms with Crippen molar-refractivity contribution in [2.75, 3.05) is 40.0 Å². The average Bonchev–Trinajstić information content (AvgIpc) is 3.14. The quantitative estimate of drug-likeness (QED) is 0.418. The number of fused-ring (bicyclic) bond motifs is 3. The molecule has 1 aliphatic heterocycles. The third-order valence-electron chi connectivity index (χ3n) is 5.51. The van der Waals surface area contributed by atoms with Crippen LogP contribution >= 0.6 is 23.1 Å². The number of aromatic nitrogens is 2. The fraction of sp³-hybridized carbons (Fsp3) is 0.409. The van der Waals surface area contributed by atoms with E-state index in [0.29, 0.717) is 22.0 Å². The number of benzene rings is 1. The van der Waals surface area contributed by atoms with Gasteiger partial charge < -0.3 is 9.64 Å². The van der Waals surface area contributed by atoms with Crippen LogP contribution in [-0.4, -0.2) is 65.3 Å². The van der Waals surface area contributed by atoms with Crippen molar-refractivity contribution < 1.29 is 9.53 Å². The van der Waals surface area contributed by atoms with Gasteiger partial charge in [0, 0.05) is 38.1 Å². The molecule has 3 aromatic rings. The normalized spacial score (nSPS) is 13.9. The summed E-state index contributed by atoms with van der Waals surface area (Å²) in [6.07, 6.45) is 0.851. The van der Waals surface area contributed by atoms with Crippen LogP contribution in [0.3, 0.4) is 0 Å². The topological polar surface area (TPSA) is 67.7 Å². The molecule has 9 heteroatoms. The Kier molecular flexibility index (Phi) is 6.36. The van der Waals surface area contributed by atoms with Crippen LogP contribution in [0.1, 0.15) is 17.4 Å². The van der Waals surface area contributed by atoms with Gasteiger partial charge in [-0.1, -0.05) is 24.8 Å². The zero-order valence-electron chi connectivity index (χ0n) is 18.2. The fourth-order valence-corrected chi connectivity index (χ4v) is 5.97. The van der Waals surface area contributed by atoms with E-state index in [9.17, 15) is 9.59 Å². The molecule has 0 radical (unpaired) electrons. The maximum atomic E-state index is 13.8. The second-order valence-corrected chi connectivity index (χ2v) is 9.64. The van der Waals surface area contributed by atoms with Crippen LogP contribution < -0.4 is 10.3 Å². The van der Waals surface area contributed by atoms with E-state index in [2.05, 4.69) is 11.8 Å². The molecule has 0 spiro atoms. The zero-order chi connectivity index (χ0) is 22.1. The van der Waals surface area contributed by atoms with Gasteiger partial charge in [-0.15, -0.1) is 11.3 Å². The maximum absolute atomic E-state index is 13.8. The van der Waals surface area contributed by atoms with Crippen LogP contribution in [0.2, 0.25) is 0 Å². The van der Waals surface area contributed by atoms with Gasteiger partial charge in [-0.05, 0) is 30.7 Å². The van der Waals surface area contributed by atoms with Gasteiger partial charge >= 0.3 is 0 Å². The number of thioether (sulfide) groups is 1. The minimum Gasteiger partial charge on any atom is -0.497 e. The Balaban J connectivity index is 1.89. The van der Waals surface area contributed by atoms with Crippen LogP contribution in [0.5, 0.6) is 5.75 Å². The highest BCUT2D eigenvalue weighted by atomic mass is 32.2. The smallest absolute Gasteiger partial charge is 0.267 e. The lowest BCUT2D eigenvalue weighted by atomic mass is 10.1. The van der Waals surface area contributed by atoms with E-state index in [1.165, 1.54) is 16.6 Å². The number of carbonyl (C=O) groups excluding carboxylic acids is 1. The Labute approximate surface area is 189 Å². The molecular weight excluding hydrogens is 432 g/mol. The Bertz CT molecular complexity index is 1190. The second-order valence-electron chi connectivity index (χ2n) is 7.62. The number of amides is 1. The summed E-state index contributed by atoms with van der Waals surface area (Å²) in [5, 5.41) is 1.23. The molecule has 0 bridgehead atoms. The van der Waals surface area contributed by atoms with Crippen molar-refractivity contribution in [2.45, 2.75) is 25.0 Å². The third kappa shape index (κ3) is 4.22. The number of hydrogen-bond donors (Lipinski definition) is 0. The van der Waals surface area contributed by atoms with Crippen LogP contribution in [0, 0.1) is 0 Å². The van der Waals surface area contributed by atoms with Gasteiger partial charge in [-0.25, -0.2) is 4.98 Å². The number of nitrogens with zero attached hydrogens (tertiary/aromatic N) is 4. The summed E-state index contributed by atoms with van der Waals surface area (Å²) in [5.74, 6) is 0.847. The molecule has 0 N–H and O–H groups in total.